The van der Waals surface area contributed by atoms with Gasteiger partial charge >= 0.3 is 0 Å². The number of fused-ring (bicyclic) bond motifs is 1. The minimum atomic E-state index is 0.199. The second-order valence-corrected chi connectivity index (χ2v) is 8.12. The molecule has 0 bridgehead atoms. The molecular formula is C22H24N8. The predicted molar refractivity (Wildman–Crippen MR) is 115 cm³/mol. The number of imidazole rings is 1. The van der Waals surface area contributed by atoms with Crippen LogP contribution in [0.25, 0.3) is 5.52 Å². The monoisotopic (exact) mass is 400 g/mol. The van der Waals surface area contributed by atoms with Crippen LogP contribution in [0.3, 0.4) is 0 Å². The van der Waals surface area contributed by atoms with Gasteiger partial charge in [0.25, 0.3) is 0 Å². The van der Waals surface area contributed by atoms with Crippen molar-refractivity contribution in [1.82, 2.24) is 29.1 Å². The Morgan fingerprint density at radius 1 is 1.00 bits per heavy atom. The van der Waals surface area contributed by atoms with Crippen molar-refractivity contribution in [3.63, 3.8) is 0 Å². The summed E-state index contributed by atoms with van der Waals surface area (Å²) in [5.41, 5.74) is 2.01. The van der Waals surface area contributed by atoms with Crippen molar-refractivity contribution in [3.8, 4) is 0 Å². The Morgan fingerprint density at radius 2 is 1.97 bits per heavy atom. The van der Waals surface area contributed by atoms with Gasteiger partial charge in [0.05, 0.1) is 18.1 Å². The first-order valence-corrected chi connectivity index (χ1v) is 10.7. The second kappa shape index (κ2) is 7.12. The standard InChI is InChI=1S/C22H24N8/c1-2-11-23-17(8-1)18-9-4-12-29(18)22-26-21(19-10-5-13-30(19)27-22)25-20-14-28(15-24-20)16-6-3-7-16/h1-2,5,8,10-11,13-16,18H,3-4,6-7,9,12H2,(H,25,26,27)/t18-/m0/s1. The molecule has 2 aliphatic rings. The molecule has 4 aromatic heterocycles. The average Bonchev–Trinajstić information content (AvgIpc) is 3.48. The van der Waals surface area contributed by atoms with Crippen LogP contribution in [0.1, 0.15) is 49.9 Å². The van der Waals surface area contributed by atoms with Crippen LogP contribution in [0, 0.1) is 0 Å². The van der Waals surface area contributed by atoms with E-state index in [0.717, 1.165) is 42.2 Å². The van der Waals surface area contributed by atoms with Gasteiger partial charge in [-0.1, -0.05) is 6.07 Å². The van der Waals surface area contributed by atoms with E-state index in [2.05, 4.69) is 37.0 Å². The third-order valence-electron chi connectivity index (χ3n) is 6.26. The molecule has 0 radical (unpaired) electrons. The number of pyridine rings is 1. The normalized spacial score (nSPS) is 19.3. The fourth-order valence-corrected chi connectivity index (χ4v) is 4.43. The van der Waals surface area contributed by atoms with E-state index in [0.29, 0.717) is 12.0 Å². The van der Waals surface area contributed by atoms with E-state index >= 15 is 0 Å². The summed E-state index contributed by atoms with van der Waals surface area (Å²) in [4.78, 5) is 16.3. The molecule has 0 unspecified atom stereocenters. The van der Waals surface area contributed by atoms with Crippen LogP contribution in [0.4, 0.5) is 17.6 Å². The molecule has 4 aromatic rings. The number of anilines is 3. The second-order valence-electron chi connectivity index (χ2n) is 8.12. The summed E-state index contributed by atoms with van der Waals surface area (Å²) >= 11 is 0. The van der Waals surface area contributed by atoms with Gasteiger partial charge in [-0.15, -0.1) is 5.10 Å². The van der Waals surface area contributed by atoms with E-state index in [1.807, 2.05) is 47.5 Å². The summed E-state index contributed by atoms with van der Waals surface area (Å²) in [5.74, 6) is 2.31. The average molecular weight is 400 g/mol. The smallest absolute Gasteiger partial charge is 0.246 e. The molecular weight excluding hydrogens is 376 g/mol. The van der Waals surface area contributed by atoms with Gasteiger partial charge in [0, 0.05) is 31.2 Å². The first kappa shape index (κ1) is 17.4. The lowest BCUT2D eigenvalue weighted by Crippen LogP contribution is -2.26. The number of rotatable bonds is 5. The molecule has 0 spiro atoms. The highest BCUT2D eigenvalue weighted by Crippen LogP contribution is 2.35. The molecule has 152 valence electrons. The minimum absolute atomic E-state index is 0.199. The Hall–Kier alpha value is -3.42. The number of aromatic nitrogens is 6. The van der Waals surface area contributed by atoms with Gasteiger partial charge < -0.3 is 14.8 Å². The van der Waals surface area contributed by atoms with Gasteiger partial charge in [0.1, 0.15) is 11.3 Å². The van der Waals surface area contributed by atoms with Crippen LogP contribution in [-0.4, -0.2) is 35.7 Å². The number of nitrogens with zero attached hydrogens (tertiary/aromatic N) is 7. The highest BCUT2D eigenvalue weighted by Gasteiger charge is 2.30. The molecule has 0 amide bonds. The lowest BCUT2D eigenvalue weighted by atomic mass is 9.93. The first-order valence-electron chi connectivity index (χ1n) is 10.7. The third-order valence-corrected chi connectivity index (χ3v) is 6.26. The van der Waals surface area contributed by atoms with Crippen molar-refractivity contribution in [2.45, 2.75) is 44.2 Å². The molecule has 1 saturated heterocycles. The molecule has 1 aliphatic heterocycles. The predicted octanol–water partition coefficient (Wildman–Crippen LogP) is 4.13. The Morgan fingerprint density at radius 3 is 2.80 bits per heavy atom. The van der Waals surface area contributed by atoms with Crippen molar-refractivity contribution in [1.29, 1.82) is 0 Å². The summed E-state index contributed by atoms with van der Waals surface area (Å²) in [5, 5.41) is 8.22. The Balaban J connectivity index is 1.34. The SMILES string of the molecule is c1ccc([C@@H]2CCCN2c2nc(Nc3cn(C4CCC4)cn3)c3cccn3n2)nc1. The molecule has 1 atom stereocenters. The van der Waals surface area contributed by atoms with Crippen molar-refractivity contribution in [2.24, 2.45) is 0 Å². The largest absolute Gasteiger partial charge is 0.332 e. The first-order chi connectivity index (χ1) is 14.8. The van der Waals surface area contributed by atoms with Gasteiger partial charge in [-0.2, -0.15) is 4.98 Å². The van der Waals surface area contributed by atoms with E-state index in [4.69, 9.17) is 10.1 Å². The number of hydrogen-bond acceptors (Lipinski definition) is 6. The Kier molecular flexibility index (Phi) is 4.14. The maximum atomic E-state index is 4.92. The summed E-state index contributed by atoms with van der Waals surface area (Å²) in [6.45, 7) is 0.920. The number of nitrogens with one attached hydrogen (secondary N) is 1. The van der Waals surface area contributed by atoms with E-state index in [-0.39, 0.29) is 6.04 Å². The van der Waals surface area contributed by atoms with E-state index in [1.165, 1.54) is 19.3 Å². The molecule has 6 rings (SSSR count). The molecule has 5 heterocycles. The van der Waals surface area contributed by atoms with Crippen LogP contribution >= 0.6 is 0 Å². The zero-order valence-corrected chi connectivity index (χ0v) is 16.7. The van der Waals surface area contributed by atoms with Gasteiger partial charge in [-0.05, 0) is 56.4 Å². The third kappa shape index (κ3) is 2.99. The molecule has 8 heteroatoms. The van der Waals surface area contributed by atoms with Crippen LogP contribution < -0.4 is 10.2 Å². The molecule has 1 aliphatic carbocycles. The molecule has 1 N–H and O–H groups in total. The summed E-state index contributed by atoms with van der Waals surface area (Å²) < 4.78 is 4.10. The topological polar surface area (TPSA) is 76.2 Å². The molecule has 2 fully saturated rings. The van der Waals surface area contributed by atoms with Crippen molar-refractivity contribution in [2.75, 3.05) is 16.8 Å². The number of hydrogen-bond donors (Lipinski definition) is 1. The molecule has 0 aromatic carbocycles. The van der Waals surface area contributed by atoms with Crippen molar-refractivity contribution >= 4 is 23.1 Å². The van der Waals surface area contributed by atoms with E-state index in [1.54, 1.807) is 0 Å². The quantitative estimate of drug-likeness (QED) is 0.543. The maximum Gasteiger partial charge on any atom is 0.246 e. The maximum absolute atomic E-state index is 4.92. The van der Waals surface area contributed by atoms with Crippen LogP contribution in [0.2, 0.25) is 0 Å². The van der Waals surface area contributed by atoms with E-state index in [9.17, 15) is 0 Å². The highest BCUT2D eigenvalue weighted by atomic mass is 15.4. The van der Waals surface area contributed by atoms with Crippen LogP contribution in [0.15, 0.2) is 55.2 Å². The Bertz CT molecular complexity index is 1160. The lowest BCUT2D eigenvalue weighted by molar-refractivity contribution is 0.313. The summed E-state index contributed by atoms with van der Waals surface area (Å²) in [6, 6.07) is 10.9. The fourth-order valence-electron chi connectivity index (χ4n) is 4.43. The Labute approximate surface area is 174 Å². The van der Waals surface area contributed by atoms with Gasteiger partial charge in [-0.3, -0.25) is 4.98 Å². The van der Waals surface area contributed by atoms with Crippen LogP contribution in [0.5, 0.6) is 0 Å². The zero-order chi connectivity index (χ0) is 19.9. The van der Waals surface area contributed by atoms with Crippen molar-refractivity contribution < 1.29 is 0 Å². The molecule has 1 saturated carbocycles. The zero-order valence-electron chi connectivity index (χ0n) is 16.7. The van der Waals surface area contributed by atoms with Gasteiger partial charge in [-0.25, -0.2) is 9.50 Å². The summed E-state index contributed by atoms with van der Waals surface area (Å²) in [7, 11) is 0. The molecule has 30 heavy (non-hydrogen) atoms. The van der Waals surface area contributed by atoms with Gasteiger partial charge in [0.2, 0.25) is 5.95 Å². The van der Waals surface area contributed by atoms with Crippen LogP contribution in [-0.2, 0) is 0 Å². The summed E-state index contributed by atoms with van der Waals surface area (Å²) in [6.07, 6.45) is 13.7. The van der Waals surface area contributed by atoms with Crippen molar-refractivity contribution in [3.05, 3.63) is 60.9 Å². The van der Waals surface area contributed by atoms with E-state index < -0.39 is 0 Å². The van der Waals surface area contributed by atoms with Gasteiger partial charge in [0.15, 0.2) is 5.82 Å². The fraction of sp³-hybridized carbons (Fsp3) is 0.364. The highest BCUT2D eigenvalue weighted by molar-refractivity contribution is 5.73. The molecule has 8 nitrogen and oxygen atoms in total. The lowest BCUT2D eigenvalue weighted by Gasteiger charge is -2.26. The minimum Gasteiger partial charge on any atom is -0.332 e.